The number of thiocarbonyl (C=S) groups is 1. The van der Waals surface area contributed by atoms with Crippen LogP contribution in [0.4, 0.5) is 5.69 Å². The second kappa shape index (κ2) is 6.16. The third-order valence-electron chi connectivity index (χ3n) is 2.60. The van der Waals surface area contributed by atoms with Crippen LogP contribution in [0.2, 0.25) is 0 Å². The lowest BCUT2D eigenvalue weighted by Gasteiger charge is -2.09. The van der Waals surface area contributed by atoms with Crippen molar-refractivity contribution in [1.29, 1.82) is 0 Å². The van der Waals surface area contributed by atoms with Crippen molar-refractivity contribution in [3.05, 3.63) is 42.2 Å². The number of phenolic OH excluding ortho intramolecular Hbond substituents is 1. The number of phenols is 1. The summed E-state index contributed by atoms with van der Waals surface area (Å²) in [5.41, 5.74) is 0.857. The van der Waals surface area contributed by atoms with Crippen LogP contribution in [-0.2, 0) is 6.54 Å². The van der Waals surface area contributed by atoms with E-state index in [2.05, 4.69) is 15.7 Å². The molecule has 1 amide bonds. The standard InChI is InChI=1S/C13H14N4O2S/c1-2-17-8-9(7-14-17)12(19)16-13(20)15-10-5-3-4-6-11(10)18/h3-8,18H,2H2,1H3,(H2,15,16,19,20). The van der Waals surface area contributed by atoms with E-state index in [0.717, 1.165) is 0 Å². The van der Waals surface area contributed by atoms with E-state index in [9.17, 15) is 9.90 Å². The number of hydrogen-bond acceptors (Lipinski definition) is 4. The van der Waals surface area contributed by atoms with Crippen LogP contribution >= 0.6 is 12.2 Å². The lowest BCUT2D eigenvalue weighted by atomic mass is 10.3. The Kier molecular flexibility index (Phi) is 4.31. The van der Waals surface area contributed by atoms with Crippen LogP contribution < -0.4 is 10.6 Å². The van der Waals surface area contributed by atoms with Crippen LogP contribution in [0, 0.1) is 0 Å². The zero-order chi connectivity index (χ0) is 14.5. The van der Waals surface area contributed by atoms with Crippen LogP contribution in [-0.4, -0.2) is 25.9 Å². The van der Waals surface area contributed by atoms with Crippen molar-refractivity contribution in [1.82, 2.24) is 15.1 Å². The first-order valence-electron chi connectivity index (χ1n) is 6.03. The number of para-hydroxylation sites is 2. The highest BCUT2D eigenvalue weighted by Crippen LogP contribution is 2.21. The second-order valence-corrected chi connectivity index (χ2v) is 4.42. The molecule has 1 heterocycles. The monoisotopic (exact) mass is 290 g/mol. The lowest BCUT2D eigenvalue weighted by Crippen LogP contribution is -2.33. The highest BCUT2D eigenvalue weighted by molar-refractivity contribution is 7.80. The molecule has 104 valence electrons. The SMILES string of the molecule is CCn1cc(C(=O)NC(=S)Nc2ccccc2O)cn1. The van der Waals surface area contributed by atoms with Crippen LogP contribution in [0.25, 0.3) is 0 Å². The molecule has 0 spiro atoms. The number of anilines is 1. The first-order chi connectivity index (χ1) is 9.60. The van der Waals surface area contributed by atoms with Gasteiger partial charge < -0.3 is 10.4 Å². The predicted molar refractivity (Wildman–Crippen MR) is 79.7 cm³/mol. The van der Waals surface area contributed by atoms with Gasteiger partial charge >= 0.3 is 0 Å². The van der Waals surface area contributed by atoms with E-state index in [-0.39, 0.29) is 16.8 Å². The zero-order valence-electron chi connectivity index (χ0n) is 10.8. The molecule has 0 fully saturated rings. The Morgan fingerprint density at radius 1 is 1.45 bits per heavy atom. The number of hydrogen-bond donors (Lipinski definition) is 3. The molecule has 0 aliphatic rings. The fourth-order valence-electron chi connectivity index (χ4n) is 1.56. The Balaban J connectivity index is 1.98. The van der Waals surface area contributed by atoms with E-state index in [4.69, 9.17) is 12.2 Å². The summed E-state index contributed by atoms with van der Waals surface area (Å²) in [7, 11) is 0. The summed E-state index contributed by atoms with van der Waals surface area (Å²) in [4.78, 5) is 11.9. The third-order valence-corrected chi connectivity index (χ3v) is 2.80. The molecule has 7 heteroatoms. The van der Waals surface area contributed by atoms with Gasteiger partial charge in [0.25, 0.3) is 5.91 Å². The topological polar surface area (TPSA) is 79.2 Å². The van der Waals surface area contributed by atoms with Gasteiger partial charge in [-0.15, -0.1) is 0 Å². The lowest BCUT2D eigenvalue weighted by molar-refractivity contribution is 0.0977. The van der Waals surface area contributed by atoms with Gasteiger partial charge in [-0.3, -0.25) is 14.8 Å². The van der Waals surface area contributed by atoms with Gasteiger partial charge in [0, 0.05) is 12.7 Å². The van der Waals surface area contributed by atoms with E-state index in [0.29, 0.717) is 17.8 Å². The van der Waals surface area contributed by atoms with Gasteiger partial charge in [-0.2, -0.15) is 5.10 Å². The highest BCUT2D eigenvalue weighted by Gasteiger charge is 2.11. The van der Waals surface area contributed by atoms with E-state index < -0.39 is 0 Å². The summed E-state index contributed by atoms with van der Waals surface area (Å²) in [6.07, 6.45) is 3.11. The maximum Gasteiger partial charge on any atom is 0.260 e. The molecule has 0 saturated heterocycles. The summed E-state index contributed by atoms with van der Waals surface area (Å²) in [6, 6.07) is 6.63. The molecular formula is C13H14N4O2S. The minimum Gasteiger partial charge on any atom is -0.506 e. The molecule has 0 saturated carbocycles. The largest absolute Gasteiger partial charge is 0.506 e. The van der Waals surface area contributed by atoms with Crippen molar-refractivity contribution in [2.45, 2.75) is 13.5 Å². The van der Waals surface area contributed by atoms with Crippen LogP contribution in [0.15, 0.2) is 36.7 Å². The fraction of sp³-hybridized carbons (Fsp3) is 0.154. The van der Waals surface area contributed by atoms with E-state index in [1.807, 2.05) is 6.92 Å². The van der Waals surface area contributed by atoms with Gasteiger partial charge in [-0.05, 0) is 31.3 Å². The Morgan fingerprint density at radius 3 is 2.85 bits per heavy atom. The fourth-order valence-corrected chi connectivity index (χ4v) is 1.76. The van der Waals surface area contributed by atoms with Gasteiger partial charge in [-0.1, -0.05) is 12.1 Å². The molecule has 0 aliphatic carbocycles. The molecular weight excluding hydrogens is 276 g/mol. The van der Waals surface area contributed by atoms with Crippen molar-refractivity contribution in [3.8, 4) is 5.75 Å². The molecule has 0 bridgehead atoms. The van der Waals surface area contributed by atoms with Gasteiger partial charge in [-0.25, -0.2) is 0 Å². The predicted octanol–water partition coefficient (Wildman–Crippen LogP) is 1.74. The highest BCUT2D eigenvalue weighted by atomic mass is 32.1. The van der Waals surface area contributed by atoms with Crippen LogP contribution in [0.5, 0.6) is 5.75 Å². The quantitative estimate of drug-likeness (QED) is 0.593. The number of carbonyl (C=O) groups is 1. The summed E-state index contributed by atoms with van der Waals surface area (Å²) >= 11 is 5.03. The first kappa shape index (κ1) is 14.0. The normalized spacial score (nSPS) is 10.1. The Morgan fingerprint density at radius 2 is 2.20 bits per heavy atom. The minimum absolute atomic E-state index is 0.0582. The zero-order valence-corrected chi connectivity index (χ0v) is 11.6. The molecule has 3 N–H and O–H groups in total. The number of carbonyl (C=O) groups excluding carboxylic acids is 1. The second-order valence-electron chi connectivity index (χ2n) is 4.01. The molecule has 1 aromatic carbocycles. The first-order valence-corrected chi connectivity index (χ1v) is 6.43. The van der Waals surface area contributed by atoms with Crippen molar-refractivity contribution in [3.63, 3.8) is 0 Å². The van der Waals surface area contributed by atoms with Gasteiger partial charge in [0.1, 0.15) is 5.75 Å². The average Bonchev–Trinajstić information content (AvgIpc) is 2.90. The number of nitrogens with one attached hydrogen (secondary N) is 2. The Hall–Kier alpha value is -2.41. The molecule has 6 nitrogen and oxygen atoms in total. The maximum atomic E-state index is 11.9. The number of aromatic nitrogens is 2. The number of aromatic hydroxyl groups is 1. The molecule has 20 heavy (non-hydrogen) atoms. The molecule has 2 rings (SSSR count). The molecule has 1 aromatic heterocycles. The van der Waals surface area contributed by atoms with E-state index in [1.54, 1.807) is 29.1 Å². The summed E-state index contributed by atoms with van der Waals surface area (Å²) in [6.45, 7) is 2.62. The average molecular weight is 290 g/mol. The molecule has 0 radical (unpaired) electrons. The molecule has 0 unspecified atom stereocenters. The summed E-state index contributed by atoms with van der Waals surface area (Å²) < 4.78 is 1.65. The van der Waals surface area contributed by atoms with Gasteiger partial charge in [0.15, 0.2) is 5.11 Å². The third kappa shape index (κ3) is 3.33. The van der Waals surface area contributed by atoms with Crippen molar-refractivity contribution in [2.24, 2.45) is 0 Å². The van der Waals surface area contributed by atoms with Crippen LogP contribution in [0.1, 0.15) is 17.3 Å². The van der Waals surface area contributed by atoms with Crippen molar-refractivity contribution in [2.75, 3.05) is 5.32 Å². The Bertz CT molecular complexity index is 639. The minimum atomic E-state index is -0.349. The molecule has 0 aliphatic heterocycles. The van der Waals surface area contributed by atoms with Gasteiger partial charge in [0.05, 0.1) is 17.4 Å². The van der Waals surface area contributed by atoms with E-state index in [1.165, 1.54) is 12.3 Å². The van der Waals surface area contributed by atoms with E-state index >= 15 is 0 Å². The van der Waals surface area contributed by atoms with Crippen LogP contribution in [0.3, 0.4) is 0 Å². The Labute approximate surface area is 121 Å². The number of rotatable bonds is 3. The number of amides is 1. The van der Waals surface area contributed by atoms with Crippen molar-refractivity contribution < 1.29 is 9.90 Å². The van der Waals surface area contributed by atoms with Gasteiger partial charge in [0.2, 0.25) is 0 Å². The number of aryl methyl sites for hydroxylation is 1. The summed E-state index contributed by atoms with van der Waals surface area (Å²) in [5, 5.41) is 19.0. The molecule has 0 atom stereocenters. The number of benzene rings is 1. The number of nitrogens with zero attached hydrogens (tertiary/aromatic N) is 2. The van der Waals surface area contributed by atoms with Crippen molar-refractivity contribution >= 4 is 28.9 Å². The maximum absolute atomic E-state index is 11.9. The summed E-state index contributed by atoms with van der Waals surface area (Å²) in [5.74, 6) is -0.291. The molecule has 2 aromatic rings. The smallest absolute Gasteiger partial charge is 0.260 e.